The highest BCUT2D eigenvalue weighted by molar-refractivity contribution is 6.31. The highest BCUT2D eigenvalue weighted by Crippen LogP contribution is 2.64. The Bertz CT molecular complexity index is 1320. The van der Waals surface area contributed by atoms with Crippen molar-refractivity contribution >= 4 is 40.7 Å². The molecule has 3 aliphatic heterocycles. The van der Waals surface area contributed by atoms with Crippen LogP contribution in [-0.2, 0) is 15.0 Å². The van der Waals surface area contributed by atoms with E-state index in [1.54, 1.807) is 18.2 Å². The molecular weight excluding hydrogens is 540 g/mol. The number of fused-ring (bicyclic) bond motifs is 3. The molecule has 1 aromatic carbocycles. The summed E-state index contributed by atoms with van der Waals surface area (Å²) in [4.78, 5) is 32.5. The Hall–Kier alpha value is -2.26. The van der Waals surface area contributed by atoms with Crippen molar-refractivity contribution in [3.8, 4) is 0 Å². The number of hydrogen-bond donors (Lipinski definition) is 4. The summed E-state index contributed by atoms with van der Waals surface area (Å²) < 4.78 is 15.9. The summed E-state index contributed by atoms with van der Waals surface area (Å²) >= 11 is 12.6. The third-order valence-electron chi connectivity index (χ3n) is 9.64. The summed E-state index contributed by atoms with van der Waals surface area (Å²) in [6, 6.07) is 6.07. The second kappa shape index (κ2) is 9.68. The van der Waals surface area contributed by atoms with Gasteiger partial charge in [0.2, 0.25) is 11.8 Å². The number of anilines is 1. The maximum atomic E-state index is 15.9. The average Bonchev–Trinajstić information content (AvgIpc) is 3.36. The first-order valence-electron chi connectivity index (χ1n) is 13.8. The Morgan fingerprint density at radius 3 is 2.54 bits per heavy atom. The summed E-state index contributed by atoms with van der Waals surface area (Å²) in [6.45, 7) is 6.09. The van der Waals surface area contributed by atoms with Crippen molar-refractivity contribution in [2.24, 2.45) is 5.41 Å². The van der Waals surface area contributed by atoms with Gasteiger partial charge < -0.3 is 16.0 Å². The van der Waals surface area contributed by atoms with Crippen molar-refractivity contribution in [2.45, 2.75) is 81.3 Å². The van der Waals surface area contributed by atoms with Crippen LogP contribution in [0.1, 0.15) is 69.4 Å². The Labute approximate surface area is 238 Å². The summed E-state index contributed by atoms with van der Waals surface area (Å²) in [5, 5.41) is 13.5. The van der Waals surface area contributed by atoms with E-state index in [9.17, 15) is 9.59 Å². The van der Waals surface area contributed by atoms with Crippen molar-refractivity contribution in [1.82, 2.24) is 20.9 Å². The van der Waals surface area contributed by atoms with Crippen LogP contribution < -0.4 is 21.3 Å². The SMILES string of the molecule is CC1(C)CCC2(CC1)N[C@@H](C(=O)NC1CCNCC1)[C@H](c1ccnc(Cl)c1F)[C@]21C(=O)Nc2cc(Cl)ccc21. The minimum Gasteiger partial charge on any atom is -0.352 e. The van der Waals surface area contributed by atoms with E-state index < -0.39 is 28.7 Å². The topological polar surface area (TPSA) is 95.2 Å². The fourth-order valence-electron chi connectivity index (χ4n) is 7.58. The van der Waals surface area contributed by atoms with E-state index in [-0.39, 0.29) is 34.0 Å². The van der Waals surface area contributed by atoms with Gasteiger partial charge in [-0.3, -0.25) is 14.9 Å². The number of nitrogens with one attached hydrogen (secondary N) is 4. The smallest absolute Gasteiger partial charge is 0.238 e. The maximum Gasteiger partial charge on any atom is 0.238 e. The Morgan fingerprint density at radius 2 is 1.82 bits per heavy atom. The molecule has 0 unspecified atom stereocenters. The van der Waals surface area contributed by atoms with Crippen molar-refractivity contribution in [1.29, 1.82) is 0 Å². The predicted molar refractivity (Wildman–Crippen MR) is 150 cm³/mol. The lowest BCUT2D eigenvalue weighted by Crippen LogP contribution is -2.61. The van der Waals surface area contributed by atoms with Crippen molar-refractivity contribution in [3.63, 3.8) is 0 Å². The number of halogens is 3. The van der Waals surface area contributed by atoms with Crippen LogP contribution in [0.15, 0.2) is 30.5 Å². The number of carbonyl (C=O) groups excluding carboxylic acids is 2. The molecule has 2 amide bonds. The van der Waals surface area contributed by atoms with Gasteiger partial charge in [-0.15, -0.1) is 0 Å². The molecule has 1 saturated carbocycles. The van der Waals surface area contributed by atoms with Crippen LogP contribution in [0.2, 0.25) is 10.2 Å². The van der Waals surface area contributed by atoms with Gasteiger partial charge in [0.1, 0.15) is 5.41 Å². The van der Waals surface area contributed by atoms with E-state index in [2.05, 4.69) is 40.1 Å². The first-order chi connectivity index (χ1) is 18.6. The van der Waals surface area contributed by atoms with Crippen LogP contribution in [0.25, 0.3) is 0 Å². The quantitative estimate of drug-likeness (QED) is 0.400. The molecule has 1 aliphatic carbocycles. The van der Waals surface area contributed by atoms with Crippen molar-refractivity contribution in [2.75, 3.05) is 18.4 Å². The Morgan fingerprint density at radius 1 is 1.10 bits per heavy atom. The lowest BCUT2D eigenvalue weighted by atomic mass is 9.53. The van der Waals surface area contributed by atoms with Gasteiger partial charge in [0.15, 0.2) is 11.0 Å². The highest BCUT2D eigenvalue weighted by Gasteiger charge is 2.73. The van der Waals surface area contributed by atoms with Crippen molar-refractivity contribution in [3.05, 3.63) is 57.6 Å². The second-order valence-corrected chi connectivity index (χ2v) is 13.1. The highest BCUT2D eigenvalue weighted by atomic mass is 35.5. The van der Waals surface area contributed by atoms with Crippen LogP contribution in [0, 0.1) is 11.2 Å². The van der Waals surface area contributed by atoms with E-state index in [0.29, 0.717) is 23.6 Å². The van der Waals surface area contributed by atoms with E-state index in [1.807, 2.05) is 6.07 Å². The maximum absolute atomic E-state index is 15.9. The number of rotatable bonds is 3. The lowest BCUT2D eigenvalue weighted by molar-refractivity contribution is -0.125. The number of carbonyl (C=O) groups is 2. The lowest BCUT2D eigenvalue weighted by Gasteiger charge is -2.50. The zero-order chi connectivity index (χ0) is 27.6. The molecule has 0 bridgehead atoms. The monoisotopic (exact) mass is 573 g/mol. The summed E-state index contributed by atoms with van der Waals surface area (Å²) in [5.41, 5.74) is -0.406. The molecule has 208 valence electrons. The molecule has 7 nitrogen and oxygen atoms in total. The van der Waals surface area contributed by atoms with E-state index >= 15 is 4.39 Å². The number of amides is 2. The normalized spacial score (nSPS) is 29.4. The standard InChI is InChI=1S/C29H34Cl2FN5O2/c1-27(2)8-10-28(11-9-27)29(19-4-3-16(30)15-20(19)36-26(29)39)21(18-7-14-34-24(31)22(18)32)23(37-28)25(38)35-17-5-12-33-13-6-17/h3-4,7,14-15,17,21,23,33,37H,5-6,8-13H2,1-2H3,(H,35,38)(H,36,39)/t21-,23+,29+/m0/s1. The van der Waals surface area contributed by atoms with Crippen LogP contribution >= 0.6 is 23.2 Å². The average molecular weight is 575 g/mol. The number of nitrogens with zero attached hydrogens (tertiary/aromatic N) is 1. The molecule has 1 aromatic heterocycles. The van der Waals surface area contributed by atoms with Gasteiger partial charge in [0, 0.05) is 34.4 Å². The van der Waals surface area contributed by atoms with Gasteiger partial charge in [-0.25, -0.2) is 9.37 Å². The van der Waals surface area contributed by atoms with Gasteiger partial charge in [0.05, 0.1) is 6.04 Å². The van der Waals surface area contributed by atoms with Crippen LogP contribution in [0.5, 0.6) is 0 Å². The molecule has 4 heterocycles. The Balaban J connectivity index is 1.56. The molecule has 3 atom stereocenters. The fourth-order valence-corrected chi connectivity index (χ4v) is 7.92. The van der Waals surface area contributed by atoms with Crippen molar-refractivity contribution < 1.29 is 14.0 Å². The molecule has 39 heavy (non-hydrogen) atoms. The molecule has 2 saturated heterocycles. The molecule has 0 radical (unpaired) electrons. The van der Waals surface area contributed by atoms with Crippen LogP contribution in [0.3, 0.4) is 0 Å². The molecular formula is C29H34Cl2FN5O2. The largest absolute Gasteiger partial charge is 0.352 e. The minimum absolute atomic E-state index is 0.00774. The van der Waals surface area contributed by atoms with Crippen LogP contribution in [-0.4, -0.2) is 47.5 Å². The first kappa shape index (κ1) is 26.9. The third-order valence-corrected chi connectivity index (χ3v) is 10.1. The van der Waals surface area contributed by atoms with Gasteiger partial charge >= 0.3 is 0 Å². The van der Waals surface area contributed by atoms with Gasteiger partial charge in [-0.05, 0) is 86.4 Å². The molecule has 4 N–H and O–H groups in total. The van der Waals surface area contributed by atoms with Gasteiger partial charge in [-0.2, -0.15) is 0 Å². The van der Waals surface area contributed by atoms with E-state index in [4.69, 9.17) is 23.2 Å². The van der Waals surface area contributed by atoms with Gasteiger partial charge in [-0.1, -0.05) is 43.1 Å². The third kappa shape index (κ3) is 4.17. The molecule has 2 spiro atoms. The molecule has 10 heteroatoms. The predicted octanol–water partition coefficient (Wildman–Crippen LogP) is 4.68. The molecule has 6 rings (SSSR count). The summed E-state index contributed by atoms with van der Waals surface area (Å²) in [5.74, 6) is -2.03. The molecule has 3 fully saturated rings. The fraction of sp³-hybridized carbons (Fsp3) is 0.552. The van der Waals surface area contributed by atoms with Gasteiger partial charge in [0.25, 0.3) is 0 Å². The zero-order valence-electron chi connectivity index (χ0n) is 22.2. The number of pyridine rings is 1. The number of piperidine rings is 1. The zero-order valence-corrected chi connectivity index (χ0v) is 23.7. The van der Waals surface area contributed by atoms with Crippen LogP contribution in [0.4, 0.5) is 10.1 Å². The molecule has 4 aliphatic rings. The second-order valence-electron chi connectivity index (χ2n) is 12.3. The number of hydrogen-bond acceptors (Lipinski definition) is 5. The number of benzene rings is 1. The Kier molecular flexibility index (Phi) is 6.69. The number of aromatic nitrogens is 1. The van der Waals surface area contributed by atoms with E-state index in [0.717, 1.165) is 44.3 Å². The summed E-state index contributed by atoms with van der Waals surface area (Å²) in [7, 11) is 0. The molecule has 2 aromatic rings. The first-order valence-corrected chi connectivity index (χ1v) is 14.5. The summed E-state index contributed by atoms with van der Waals surface area (Å²) in [6.07, 6.45) is 6.09. The van der Waals surface area contributed by atoms with E-state index in [1.165, 1.54) is 6.20 Å². The minimum atomic E-state index is -1.26.